The first kappa shape index (κ1) is 13.9. The Kier molecular flexibility index (Phi) is 3.59. The van der Waals surface area contributed by atoms with Crippen LogP contribution in [0.15, 0.2) is 48.5 Å². The highest BCUT2D eigenvalue weighted by atomic mass is 19.4. The molecule has 1 aliphatic rings. The van der Waals surface area contributed by atoms with Gasteiger partial charge in [0.05, 0.1) is 11.6 Å². The van der Waals surface area contributed by atoms with Gasteiger partial charge in [-0.3, -0.25) is 0 Å². The maximum atomic E-state index is 12.6. The Hall–Kier alpha value is -2.01. The highest BCUT2D eigenvalue weighted by Gasteiger charge is 2.30. The van der Waals surface area contributed by atoms with Crippen molar-refractivity contribution in [2.75, 3.05) is 6.61 Å². The van der Waals surface area contributed by atoms with Crippen molar-refractivity contribution in [3.05, 3.63) is 65.2 Å². The Balaban J connectivity index is 1.77. The van der Waals surface area contributed by atoms with Crippen LogP contribution < -0.4 is 10.1 Å². The molecule has 0 spiro atoms. The lowest BCUT2D eigenvalue weighted by atomic mass is 10.0. The minimum absolute atomic E-state index is 0.125. The lowest BCUT2D eigenvalue weighted by molar-refractivity contribution is -0.137. The first-order valence-electron chi connectivity index (χ1n) is 6.65. The summed E-state index contributed by atoms with van der Waals surface area (Å²) in [6, 6.07) is 12.8. The molecule has 0 bridgehead atoms. The van der Waals surface area contributed by atoms with Gasteiger partial charge in [0.15, 0.2) is 0 Å². The van der Waals surface area contributed by atoms with Crippen LogP contribution in [0.3, 0.4) is 0 Å². The molecule has 2 aromatic rings. The smallest absolute Gasteiger partial charge is 0.416 e. The number of hydrogen-bond acceptors (Lipinski definition) is 2. The van der Waals surface area contributed by atoms with Crippen LogP contribution in [0.1, 0.15) is 22.7 Å². The predicted molar refractivity (Wildman–Crippen MR) is 73.0 cm³/mol. The van der Waals surface area contributed by atoms with Crippen LogP contribution >= 0.6 is 0 Å². The van der Waals surface area contributed by atoms with Crippen molar-refractivity contribution in [2.45, 2.75) is 18.8 Å². The summed E-state index contributed by atoms with van der Waals surface area (Å²) in [7, 11) is 0. The summed E-state index contributed by atoms with van der Waals surface area (Å²) in [4.78, 5) is 0. The number of benzene rings is 2. The van der Waals surface area contributed by atoms with Gasteiger partial charge in [0.1, 0.15) is 12.4 Å². The van der Waals surface area contributed by atoms with Gasteiger partial charge in [-0.05, 0) is 23.8 Å². The van der Waals surface area contributed by atoms with Crippen LogP contribution in [0.5, 0.6) is 5.75 Å². The predicted octanol–water partition coefficient (Wildman–Crippen LogP) is 3.93. The number of para-hydroxylation sites is 1. The third kappa shape index (κ3) is 3.03. The molecule has 0 saturated heterocycles. The van der Waals surface area contributed by atoms with E-state index in [-0.39, 0.29) is 6.04 Å². The maximum absolute atomic E-state index is 12.6. The minimum atomic E-state index is -4.30. The van der Waals surface area contributed by atoms with E-state index in [2.05, 4.69) is 5.32 Å². The number of ether oxygens (including phenoxy) is 1. The summed E-state index contributed by atoms with van der Waals surface area (Å²) in [5.74, 6) is 0.819. The zero-order valence-corrected chi connectivity index (χ0v) is 11.2. The van der Waals surface area contributed by atoms with E-state index in [1.807, 2.05) is 24.3 Å². The number of hydrogen-bond donors (Lipinski definition) is 1. The second-order valence-electron chi connectivity index (χ2n) is 4.97. The number of nitrogens with one attached hydrogen (secondary N) is 1. The van der Waals surface area contributed by atoms with Gasteiger partial charge in [0.2, 0.25) is 0 Å². The Labute approximate surface area is 120 Å². The Bertz CT molecular complexity index is 595. The van der Waals surface area contributed by atoms with E-state index >= 15 is 0 Å². The van der Waals surface area contributed by atoms with Gasteiger partial charge < -0.3 is 10.1 Å². The molecule has 5 heteroatoms. The zero-order chi connectivity index (χ0) is 14.9. The second-order valence-corrected chi connectivity index (χ2v) is 4.97. The molecular formula is C16H14F3NO. The van der Waals surface area contributed by atoms with Crippen molar-refractivity contribution in [1.82, 2.24) is 5.32 Å². The highest BCUT2D eigenvalue weighted by molar-refractivity contribution is 5.35. The lowest BCUT2D eigenvalue weighted by Crippen LogP contribution is -2.23. The zero-order valence-electron chi connectivity index (χ0n) is 11.2. The molecule has 0 aromatic heterocycles. The third-order valence-corrected chi connectivity index (χ3v) is 3.56. The van der Waals surface area contributed by atoms with Crippen LogP contribution in [0.25, 0.3) is 0 Å². The Morgan fingerprint density at radius 3 is 2.43 bits per heavy atom. The first-order chi connectivity index (χ1) is 10.0. The van der Waals surface area contributed by atoms with Gasteiger partial charge >= 0.3 is 6.18 Å². The van der Waals surface area contributed by atoms with E-state index in [4.69, 9.17) is 4.74 Å². The summed E-state index contributed by atoms with van der Waals surface area (Å²) in [6.45, 7) is 1.02. The summed E-state index contributed by atoms with van der Waals surface area (Å²) in [5, 5.41) is 3.31. The lowest BCUT2D eigenvalue weighted by Gasteiger charge is -2.16. The van der Waals surface area contributed by atoms with Gasteiger partial charge in [-0.2, -0.15) is 13.2 Å². The fraction of sp³-hybridized carbons (Fsp3) is 0.250. The molecule has 0 fully saturated rings. The van der Waals surface area contributed by atoms with Gasteiger partial charge in [-0.1, -0.05) is 30.3 Å². The molecule has 2 nitrogen and oxygen atoms in total. The fourth-order valence-electron chi connectivity index (χ4n) is 2.37. The number of fused-ring (bicyclic) bond motifs is 1. The fourth-order valence-corrected chi connectivity index (χ4v) is 2.37. The van der Waals surface area contributed by atoms with E-state index in [1.165, 1.54) is 12.1 Å². The van der Waals surface area contributed by atoms with Gasteiger partial charge in [0, 0.05) is 12.1 Å². The number of rotatable bonds is 1. The average molecular weight is 293 g/mol. The molecule has 1 atom stereocenters. The normalized spacial score (nSPS) is 18.5. The number of halogens is 3. The molecule has 0 radical (unpaired) electrons. The Morgan fingerprint density at radius 2 is 1.71 bits per heavy atom. The largest absolute Gasteiger partial charge is 0.491 e. The average Bonchev–Trinajstić information content (AvgIpc) is 2.69. The number of alkyl halides is 3. The van der Waals surface area contributed by atoms with Gasteiger partial charge in [0.25, 0.3) is 0 Å². The van der Waals surface area contributed by atoms with E-state index in [1.54, 1.807) is 0 Å². The molecule has 1 unspecified atom stereocenters. The van der Waals surface area contributed by atoms with Crippen molar-refractivity contribution in [3.63, 3.8) is 0 Å². The molecule has 0 saturated carbocycles. The highest BCUT2D eigenvalue weighted by Crippen LogP contribution is 2.31. The monoisotopic (exact) mass is 293 g/mol. The topological polar surface area (TPSA) is 21.3 Å². The van der Waals surface area contributed by atoms with Crippen molar-refractivity contribution in [2.24, 2.45) is 0 Å². The standard InChI is InChI=1S/C16H14F3NO/c17-16(18,19)13-7-5-11(6-8-13)14-10-21-15-4-2-1-3-12(15)9-20-14/h1-8,14,20H,9-10H2. The SMILES string of the molecule is FC(F)(F)c1ccc(C2COc3ccccc3CN2)cc1. The van der Waals surface area contributed by atoms with Gasteiger partial charge in [-0.15, -0.1) is 0 Å². The first-order valence-corrected chi connectivity index (χ1v) is 6.65. The minimum Gasteiger partial charge on any atom is -0.491 e. The summed E-state index contributed by atoms with van der Waals surface area (Å²) in [6.07, 6.45) is -4.30. The molecule has 2 aromatic carbocycles. The van der Waals surface area contributed by atoms with E-state index in [0.29, 0.717) is 13.2 Å². The van der Waals surface area contributed by atoms with Crippen LogP contribution in [-0.2, 0) is 12.7 Å². The third-order valence-electron chi connectivity index (χ3n) is 3.56. The van der Waals surface area contributed by atoms with E-state index < -0.39 is 11.7 Å². The van der Waals surface area contributed by atoms with E-state index in [0.717, 1.165) is 29.0 Å². The van der Waals surface area contributed by atoms with Crippen molar-refractivity contribution >= 4 is 0 Å². The van der Waals surface area contributed by atoms with Crippen LogP contribution in [0, 0.1) is 0 Å². The van der Waals surface area contributed by atoms with Crippen molar-refractivity contribution < 1.29 is 17.9 Å². The molecular weight excluding hydrogens is 279 g/mol. The molecule has 3 rings (SSSR count). The van der Waals surface area contributed by atoms with Crippen LogP contribution in [0.2, 0.25) is 0 Å². The molecule has 1 N–H and O–H groups in total. The Morgan fingerprint density at radius 1 is 1.00 bits per heavy atom. The van der Waals surface area contributed by atoms with Crippen molar-refractivity contribution in [1.29, 1.82) is 0 Å². The van der Waals surface area contributed by atoms with Crippen LogP contribution in [-0.4, -0.2) is 6.61 Å². The molecule has 1 heterocycles. The van der Waals surface area contributed by atoms with Crippen LogP contribution in [0.4, 0.5) is 13.2 Å². The quantitative estimate of drug-likeness (QED) is 0.860. The molecule has 21 heavy (non-hydrogen) atoms. The van der Waals surface area contributed by atoms with Gasteiger partial charge in [-0.25, -0.2) is 0 Å². The summed E-state index contributed by atoms with van der Waals surface area (Å²) >= 11 is 0. The molecule has 0 aliphatic carbocycles. The summed E-state index contributed by atoms with van der Waals surface area (Å²) < 4.78 is 43.4. The van der Waals surface area contributed by atoms with E-state index in [9.17, 15) is 13.2 Å². The second kappa shape index (κ2) is 5.41. The van der Waals surface area contributed by atoms with Crippen molar-refractivity contribution in [3.8, 4) is 5.75 Å². The summed E-state index contributed by atoms with van der Waals surface area (Å²) in [5.41, 5.74) is 1.20. The molecule has 0 amide bonds. The maximum Gasteiger partial charge on any atom is 0.416 e. The molecule has 1 aliphatic heterocycles. The molecule has 110 valence electrons.